The maximum absolute atomic E-state index is 5.05. The fraction of sp³-hybridized carbons (Fsp3) is 0.600. The summed E-state index contributed by atoms with van der Waals surface area (Å²) in [5.74, 6) is 0.753. The Balaban J connectivity index is 1.43. The minimum atomic E-state index is 0.378. The minimum Gasteiger partial charge on any atom is -0.382 e. The van der Waals surface area contributed by atoms with Gasteiger partial charge in [-0.15, -0.1) is 0 Å². The van der Waals surface area contributed by atoms with Gasteiger partial charge in [0.05, 0.1) is 0 Å². The van der Waals surface area contributed by atoms with Gasteiger partial charge in [0.1, 0.15) is 5.65 Å². The fourth-order valence-corrected chi connectivity index (χ4v) is 6.10. The number of rotatable bonds is 8. The van der Waals surface area contributed by atoms with Gasteiger partial charge < -0.3 is 15.2 Å². The van der Waals surface area contributed by atoms with E-state index in [0.29, 0.717) is 18.1 Å². The van der Waals surface area contributed by atoms with Crippen LogP contribution in [0, 0.1) is 0 Å². The zero-order valence-corrected chi connectivity index (χ0v) is 21.7. The van der Waals surface area contributed by atoms with Crippen LogP contribution in [0.2, 0.25) is 0 Å². The van der Waals surface area contributed by atoms with E-state index >= 15 is 0 Å². The Morgan fingerprint density at radius 2 is 1.63 bits per heavy atom. The fourth-order valence-electron chi connectivity index (χ4n) is 6.10. The lowest BCUT2D eigenvalue weighted by molar-refractivity contribution is 0.360. The van der Waals surface area contributed by atoms with E-state index in [1.807, 2.05) is 6.20 Å². The van der Waals surface area contributed by atoms with Crippen LogP contribution in [0.5, 0.6) is 0 Å². The zero-order valence-electron chi connectivity index (χ0n) is 21.7. The molecule has 2 heterocycles. The van der Waals surface area contributed by atoms with Gasteiger partial charge >= 0.3 is 0 Å². The third kappa shape index (κ3) is 5.82. The molecule has 188 valence electrons. The maximum Gasteiger partial charge on any atom is 0.224 e. The van der Waals surface area contributed by atoms with Crippen LogP contribution in [-0.2, 0) is 0 Å². The van der Waals surface area contributed by atoms with Crippen molar-refractivity contribution in [3.63, 3.8) is 0 Å². The summed E-state index contributed by atoms with van der Waals surface area (Å²) in [7, 11) is 0. The van der Waals surface area contributed by atoms with Gasteiger partial charge in [-0.3, -0.25) is 0 Å². The lowest BCUT2D eigenvalue weighted by atomic mass is 9.95. The van der Waals surface area contributed by atoms with Crippen LogP contribution in [-0.4, -0.2) is 26.6 Å². The summed E-state index contributed by atoms with van der Waals surface area (Å²) in [5.41, 5.74) is 4.82. The molecule has 0 radical (unpaired) electrons. The molecule has 5 rings (SSSR count). The van der Waals surface area contributed by atoms with E-state index < -0.39 is 0 Å². The molecule has 0 spiro atoms. The van der Waals surface area contributed by atoms with E-state index in [4.69, 9.17) is 9.97 Å². The van der Waals surface area contributed by atoms with Crippen molar-refractivity contribution in [1.29, 1.82) is 0 Å². The number of fused-ring (bicyclic) bond motifs is 1. The van der Waals surface area contributed by atoms with E-state index in [2.05, 4.69) is 59.5 Å². The average molecular weight is 474 g/mol. The summed E-state index contributed by atoms with van der Waals surface area (Å²) in [6.07, 6.45) is 21.2. The second-order valence-corrected chi connectivity index (χ2v) is 10.9. The molecule has 0 amide bonds. The first-order chi connectivity index (χ1) is 17.2. The smallest absolute Gasteiger partial charge is 0.224 e. The van der Waals surface area contributed by atoms with Crippen LogP contribution in [0.1, 0.15) is 103 Å². The number of aromatic nitrogens is 3. The van der Waals surface area contributed by atoms with Crippen molar-refractivity contribution in [1.82, 2.24) is 14.5 Å². The largest absolute Gasteiger partial charge is 0.382 e. The molecule has 35 heavy (non-hydrogen) atoms. The first-order valence-corrected chi connectivity index (χ1v) is 14.2. The summed E-state index contributed by atoms with van der Waals surface area (Å²) < 4.78 is 2.46. The molecule has 1 aromatic carbocycles. The summed E-state index contributed by atoms with van der Waals surface area (Å²) in [6.45, 7) is 4.44. The van der Waals surface area contributed by atoms with Crippen LogP contribution < -0.4 is 10.6 Å². The lowest BCUT2D eigenvalue weighted by Gasteiger charge is -2.24. The Morgan fingerprint density at radius 3 is 2.34 bits per heavy atom. The van der Waals surface area contributed by atoms with E-state index in [1.165, 1.54) is 87.4 Å². The van der Waals surface area contributed by atoms with Gasteiger partial charge in [-0.05, 0) is 56.7 Å². The molecule has 2 aliphatic carbocycles. The molecule has 0 aliphatic heterocycles. The first kappa shape index (κ1) is 24.1. The summed E-state index contributed by atoms with van der Waals surface area (Å²) in [4.78, 5) is 9.78. The number of benzene rings is 1. The van der Waals surface area contributed by atoms with Crippen molar-refractivity contribution < 1.29 is 0 Å². The highest BCUT2D eigenvalue weighted by Crippen LogP contribution is 2.37. The monoisotopic (exact) mass is 473 g/mol. The lowest BCUT2D eigenvalue weighted by Crippen LogP contribution is -2.17. The van der Waals surface area contributed by atoms with Crippen molar-refractivity contribution in [3.05, 3.63) is 36.7 Å². The zero-order chi connectivity index (χ0) is 24.0. The van der Waals surface area contributed by atoms with Crippen molar-refractivity contribution in [2.45, 2.75) is 115 Å². The molecule has 0 bridgehead atoms. The molecular formula is C30H43N5. The molecule has 5 nitrogen and oxygen atoms in total. The molecule has 2 aromatic heterocycles. The Labute approximate surface area is 211 Å². The minimum absolute atomic E-state index is 0.378. The molecule has 2 fully saturated rings. The molecule has 1 atom stereocenters. The van der Waals surface area contributed by atoms with Crippen molar-refractivity contribution >= 4 is 22.7 Å². The predicted octanol–water partition coefficient (Wildman–Crippen LogP) is 8.34. The van der Waals surface area contributed by atoms with Gasteiger partial charge in [-0.25, -0.2) is 4.98 Å². The van der Waals surface area contributed by atoms with Gasteiger partial charge in [0, 0.05) is 47.2 Å². The Hall–Kier alpha value is -2.56. The number of nitrogens with zero attached hydrogens (tertiary/aromatic N) is 3. The van der Waals surface area contributed by atoms with Crippen molar-refractivity contribution in [2.75, 3.05) is 10.6 Å². The highest BCUT2D eigenvalue weighted by molar-refractivity contribution is 5.94. The maximum atomic E-state index is 5.05. The van der Waals surface area contributed by atoms with Crippen LogP contribution in [0.15, 0.2) is 36.7 Å². The van der Waals surface area contributed by atoms with Crippen molar-refractivity contribution in [3.8, 4) is 11.1 Å². The van der Waals surface area contributed by atoms with Gasteiger partial charge in [0.15, 0.2) is 0 Å². The summed E-state index contributed by atoms with van der Waals surface area (Å²) >= 11 is 0. The molecule has 0 unspecified atom stereocenters. The average Bonchev–Trinajstić information content (AvgIpc) is 3.06. The van der Waals surface area contributed by atoms with Crippen LogP contribution in [0.25, 0.3) is 22.2 Å². The predicted molar refractivity (Wildman–Crippen MR) is 148 cm³/mol. The van der Waals surface area contributed by atoms with Gasteiger partial charge in [-0.2, -0.15) is 4.98 Å². The third-order valence-corrected chi connectivity index (χ3v) is 8.06. The molecule has 3 aromatic rings. The second kappa shape index (κ2) is 11.5. The standard InChI is InChI=1S/C30H43N5/c1-3-11-22(2)32-30-31-20-27-28(21-35(29(27)34-30)26-14-9-6-10-15-26)23-16-18-25(19-17-23)33-24-12-7-4-5-8-13-24/h16-22,24,26,33H,3-15H2,1-2H3,(H,31,32,34)/t22-/m0/s1. The summed E-state index contributed by atoms with van der Waals surface area (Å²) in [5, 5.41) is 8.47. The highest BCUT2D eigenvalue weighted by atomic mass is 15.2. The van der Waals surface area contributed by atoms with Gasteiger partial charge in [0.25, 0.3) is 0 Å². The van der Waals surface area contributed by atoms with Crippen LogP contribution >= 0.6 is 0 Å². The molecule has 2 N–H and O–H groups in total. The normalized spacial score (nSPS) is 18.9. The SMILES string of the molecule is CCC[C@H](C)Nc1ncc2c(-c3ccc(NC4CCCCCC4)cc3)cn(C3CCCCC3)c2n1. The van der Waals surface area contributed by atoms with E-state index in [0.717, 1.165) is 29.8 Å². The Bertz CT molecular complexity index is 1070. The first-order valence-electron chi connectivity index (χ1n) is 14.2. The molecule has 5 heteroatoms. The quantitative estimate of drug-likeness (QED) is 0.323. The molecule has 2 saturated carbocycles. The third-order valence-electron chi connectivity index (χ3n) is 8.06. The Morgan fingerprint density at radius 1 is 0.943 bits per heavy atom. The van der Waals surface area contributed by atoms with Gasteiger partial charge in [0.2, 0.25) is 5.95 Å². The van der Waals surface area contributed by atoms with Crippen molar-refractivity contribution in [2.24, 2.45) is 0 Å². The number of hydrogen-bond acceptors (Lipinski definition) is 4. The Kier molecular flexibility index (Phi) is 7.90. The number of hydrogen-bond donors (Lipinski definition) is 2. The molecule has 2 aliphatic rings. The topological polar surface area (TPSA) is 54.8 Å². The highest BCUT2D eigenvalue weighted by Gasteiger charge is 2.21. The second-order valence-electron chi connectivity index (χ2n) is 10.9. The molecular weight excluding hydrogens is 430 g/mol. The summed E-state index contributed by atoms with van der Waals surface area (Å²) in [6, 6.07) is 10.6. The molecule has 0 saturated heterocycles. The van der Waals surface area contributed by atoms with Crippen LogP contribution in [0.3, 0.4) is 0 Å². The number of anilines is 2. The van der Waals surface area contributed by atoms with Crippen LogP contribution in [0.4, 0.5) is 11.6 Å². The van der Waals surface area contributed by atoms with E-state index in [1.54, 1.807) is 0 Å². The van der Waals surface area contributed by atoms with Gasteiger partial charge in [-0.1, -0.05) is 70.4 Å². The van der Waals surface area contributed by atoms with E-state index in [-0.39, 0.29) is 0 Å². The number of nitrogens with one attached hydrogen (secondary N) is 2. The van der Waals surface area contributed by atoms with E-state index in [9.17, 15) is 0 Å².